The zero-order chi connectivity index (χ0) is 49.4. The molecule has 14 rings (SSSR count). The molecule has 0 amide bonds. The molecule has 0 bridgehead atoms. The molecule has 3 aromatic heterocycles. The van der Waals surface area contributed by atoms with Crippen molar-refractivity contribution in [2.24, 2.45) is 0 Å². The van der Waals surface area contributed by atoms with E-state index in [-0.39, 0.29) is 28.5 Å². The number of benzene rings is 8. The highest BCUT2D eigenvalue weighted by Crippen LogP contribution is 2.56. The summed E-state index contributed by atoms with van der Waals surface area (Å²) in [5.41, 5.74) is 20.6. The van der Waals surface area contributed by atoms with Crippen molar-refractivity contribution in [2.75, 3.05) is 9.71 Å². The molecule has 3 aliphatic rings. The lowest BCUT2D eigenvalue weighted by Crippen LogP contribution is -2.61. The zero-order valence-corrected chi connectivity index (χ0v) is 43.0. The van der Waals surface area contributed by atoms with Crippen molar-refractivity contribution in [3.63, 3.8) is 0 Å². The fourth-order valence-electron chi connectivity index (χ4n) is 12.8. The predicted molar refractivity (Wildman–Crippen MR) is 303 cm³/mol. The van der Waals surface area contributed by atoms with Gasteiger partial charge in [-0.25, -0.2) is 0 Å². The lowest BCUT2D eigenvalue weighted by molar-refractivity contribution is 0.332. The van der Waals surface area contributed by atoms with Gasteiger partial charge in [-0.2, -0.15) is 0 Å². The highest BCUT2D eigenvalue weighted by molar-refractivity contribution is 6.95. The van der Waals surface area contributed by atoms with Crippen molar-refractivity contribution >= 4 is 101 Å². The van der Waals surface area contributed by atoms with E-state index in [0.29, 0.717) is 0 Å². The van der Waals surface area contributed by atoms with Gasteiger partial charge in [-0.05, 0) is 128 Å². The van der Waals surface area contributed by atoms with Crippen molar-refractivity contribution in [1.29, 1.82) is 0 Å². The van der Waals surface area contributed by atoms with Crippen molar-refractivity contribution in [1.82, 2.24) is 0 Å². The third kappa shape index (κ3) is 6.08. The summed E-state index contributed by atoms with van der Waals surface area (Å²) in [5, 5.41) is 5.53. The number of para-hydroxylation sites is 2. The topological polar surface area (TPSA) is 45.9 Å². The Morgan fingerprint density at radius 1 is 0.486 bits per heavy atom. The van der Waals surface area contributed by atoms with E-state index in [1.165, 1.54) is 27.7 Å². The second-order valence-electron chi connectivity index (χ2n) is 24.3. The first-order chi connectivity index (χ1) is 34.5. The Morgan fingerprint density at radius 2 is 1.12 bits per heavy atom. The molecule has 2 aliphatic heterocycles. The van der Waals surface area contributed by atoms with Crippen molar-refractivity contribution < 1.29 is 13.3 Å². The molecule has 0 atom stereocenters. The second-order valence-corrected chi connectivity index (χ2v) is 24.3. The largest absolute Gasteiger partial charge is 0.456 e. The maximum absolute atomic E-state index is 7.71. The highest BCUT2D eigenvalue weighted by Gasteiger charge is 2.51. The van der Waals surface area contributed by atoms with Crippen LogP contribution >= 0.6 is 0 Å². The van der Waals surface area contributed by atoms with E-state index in [0.717, 1.165) is 124 Å². The Morgan fingerprint density at radius 3 is 1.83 bits per heavy atom. The average molecular weight is 939 g/mol. The van der Waals surface area contributed by atoms with Crippen LogP contribution in [0.25, 0.3) is 77.1 Å². The van der Waals surface area contributed by atoms with Gasteiger partial charge in [0, 0.05) is 55.3 Å². The lowest BCUT2D eigenvalue weighted by Gasteiger charge is -2.44. The standard InChI is InChI=1S/C66H59BN2O3/c1-63(2,3)39-24-27-41(28-25-39)69-60-45(30-29-43-42-20-14-16-22-52(42)71-61(43)60)57-56-44-21-15-17-23-53(44)70-55(56)37-51-59(57)67(69)58-47-35-48-49(66(9,10)33-32-65(48,7)8)36-54(47)72-62(58)68(51)50-31-26-40(64(4,5)6)34-46(50)38-18-12-11-13-19-38/h11-31,34-37H,32-33H2,1-10H3. The van der Waals surface area contributed by atoms with Gasteiger partial charge in [-0.3, -0.25) is 4.90 Å². The minimum absolute atomic E-state index is 0.0194. The maximum Gasteiger partial charge on any atom is 0.337 e. The first-order valence-corrected chi connectivity index (χ1v) is 25.9. The van der Waals surface area contributed by atoms with E-state index >= 15 is 0 Å². The van der Waals surface area contributed by atoms with Gasteiger partial charge in [0.1, 0.15) is 22.3 Å². The Kier molecular flexibility index (Phi) is 8.79. The molecular weight excluding hydrogens is 880 g/mol. The molecule has 5 heterocycles. The molecule has 5 nitrogen and oxygen atoms in total. The lowest BCUT2D eigenvalue weighted by atomic mass is 9.43. The van der Waals surface area contributed by atoms with Gasteiger partial charge in [0.15, 0.2) is 5.58 Å². The Labute approximate surface area is 422 Å². The summed E-state index contributed by atoms with van der Waals surface area (Å²) in [7, 11) is 0. The van der Waals surface area contributed by atoms with Crippen molar-refractivity contribution in [3.8, 4) is 22.3 Å². The molecule has 0 fully saturated rings. The molecule has 0 N–H and O–H groups in total. The van der Waals surface area contributed by atoms with E-state index in [1.54, 1.807) is 0 Å². The summed E-state index contributed by atoms with van der Waals surface area (Å²) in [6.07, 6.45) is 2.22. The van der Waals surface area contributed by atoms with E-state index in [9.17, 15) is 0 Å². The van der Waals surface area contributed by atoms with Gasteiger partial charge in [0.25, 0.3) is 0 Å². The van der Waals surface area contributed by atoms with Gasteiger partial charge in [-0.1, -0.05) is 160 Å². The molecule has 0 spiro atoms. The minimum atomic E-state index is -0.348. The quantitative estimate of drug-likeness (QED) is 0.165. The van der Waals surface area contributed by atoms with E-state index in [1.807, 2.05) is 0 Å². The molecule has 1 aliphatic carbocycles. The first kappa shape index (κ1) is 43.4. The summed E-state index contributed by atoms with van der Waals surface area (Å²) in [4.78, 5) is 5.06. The third-order valence-electron chi connectivity index (χ3n) is 16.8. The summed E-state index contributed by atoms with van der Waals surface area (Å²) < 4.78 is 22.0. The Balaban J connectivity index is 1.20. The second kappa shape index (κ2) is 14.6. The maximum atomic E-state index is 7.71. The van der Waals surface area contributed by atoms with Gasteiger partial charge < -0.3 is 18.1 Å². The molecule has 0 saturated carbocycles. The number of anilines is 5. The number of furan rings is 3. The van der Waals surface area contributed by atoms with Gasteiger partial charge in [-0.15, -0.1) is 0 Å². The van der Waals surface area contributed by atoms with Crippen LogP contribution in [0.3, 0.4) is 0 Å². The monoisotopic (exact) mass is 938 g/mol. The molecule has 72 heavy (non-hydrogen) atoms. The van der Waals surface area contributed by atoms with Crippen LogP contribution in [0, 0.1) is 0 Å². The van der Waals surface area contributed by atoms with Crippen LogP contribution in [0.2, 0.25) is 0 Å². The number of hydrogen-bond donors (Lipinski definition) is 0. The highest BCUT2D eigenvalue weighted by atomic mass is 16.4. The van der Waals surface area contributed by atoms with Gasteiger partial charge in [0.05, 0.1) is 17.1 Å². The van der Waals surface area contributed by atoms with Crippen LogP contribution in [0.1, 0.15) is 104 Å². The molecule has 11 aromatic rings. The summed E-state index contributed by atoms with van der Waals surface area (Å²) in [6.45, 7) is 23.1. The number of fused-ring (bicyclic) bond motifs is 15. The molecule has 0 unspecified atom stereocenters. The average Bonchev–Trinajstić information content (AvgIpc) is 4.06. The van der Waals surface area contributed by atoms with E-state index in [2.05, 4.69) is 231 Å². The van der Waals surface area contributed by atoms with Crippen LogP contribution < -0.4 is 20.6 Å². The third-order valence-corrected chi connectivity index (χ3v) is 16.8. The predicted octanol–water partition coefficient (Wildman–Crippen LogP) is 17.6. The van der Waals surface area contributed by atoms with Gasteiger partial charge in [0.2, 0.25) is 5.88 Å². The van der Waals surface area contributed by atoms with Crippen LogP contribution in [0.4, 0.5) is 28.6 Å². The fraction of sp³-hybridized carbons (Fsp3) is 0.242. The molecule has 8 aromatic carbocycles. The van der Waals surface area contributed by atoms with Gasteiger partial charge >= 0.3 is 6.85 Å². The zero-order valence-electron chi connectivity index (χ0n) is 43.0. The van der Waals surface area contributed by atoms with Crippen LogP contribution in [0.15, 0.2) is 165 Å². The Hall–Kier alpha value is -7.44. The minimum Gasteiger partial charge on any atom is -0.456 e. The van der Waals surface area contributed by atoms with Crippen LogP contribution in [0.5, 0.6) is 0 Å². The smallest absolute Gasteiger partial charge is 0.337 e. The fourth-order valence-corrected chi connectivity index (χ4v) is 12.8. The summed E-state index contributed by atoms with van der Waals surface area (Å²) in [5.74, 6) is 0.819. The first-order valence-electron chi connectivity index (χ1n) is 25.9. The molecule has 0 radical (unpaired) electrons. The number of nitrogens with zero attached hydrogens (tertiary/aromatic N) is 2. The summed E-state index contributed by atoms with van der Waals surface area (Å²) in [6, 6.07) is 56.2. The van der Waals surface area contributed by atoms with Crippen LogP contribution in [-0.2, 0) is 21.7 Å². The Bertz CT molecular complexity index is 4080. The molecular formula is C66H59BN2O3. The van der Waals surface area contributed by atoms with E-state index < -0.39 is 0 Å². The SMILES string of the molecule is CC(C)(C)c1ccc(N2B3c4c(cc5oc6ccccc6c5c4-c4ccc5c(oc6ccccc65)c42)N(c2ccc(C(C)(C)C)cc2-c2ccccc2)c2oc4cc5c(cc4c23)C(C)(C)CCC5(C)C)cc1. The van der Waals surface area contributed by atoms with Crippen molar-refractivity contribution in [2.45, 2.75) is 104 Å². The van der Waals surface area contributed by atoms with Crippen molar-refractivity contribution in [3.05, 3.63) is 174 Å². The molecule has 6 heteroatoms. The number of hydrogen-bond acceptors (Lipinski definition) is 5. The normalized spacial score (nSPS) is 15.9. The number of rotatable bonds is 3. The van der Waals surface area contributed by atoms with Crippen LogP contribution in [-0.4, -0.2) is 6.85 Å². The molecule has 0 saturated heterocycles. The molecule has 354 valence electrons. The summed E-state index contributed by atoms with van der Waals surface area (Å²) >= 11 is 0. The van der Waals surface area contributed by atoms with E-state index in [4.69, 9.17) is 13.3 Å².